The number of hydrogen-bond acceptors (Lipinski definition) is 2. The Hall–Kier alpha value is -0.500. The van der Waals surface area contributed by atoms with Crippen LogP contribution in [-0.4, -0.2) is 18.3 Å². The van der Waals surface area contributed by atoms with Crippen LogP contribution in [0.1, 0.15) is 33.1 Å². The van der Waals surface area contributed by atoms with E-state index in [1.54, 1.807) is 13.2 Å². The maximum absolute atomic E-state index is 9.23. The van der Waals surface area contributed by atoms with Crippen molar-refractivity contribution >= 4 is 0 Å². The van der Waals surface area contributed by atoms with E-state index in [2.05, 4.69) is 6.92 Å². The van der Waals surface area contributed by atoms with Gasteiger partial charge in [-0.2, -0.15) is 0 Å². The van der Waals surface area contributed by atoms with Crippen LogP contribution in [-0.2, 0) is 4.74 Å². The number of rotatable bonds is 5. The summed E-state index contributed by atoms with van der Waals surface area (Å²) in [6.07, 6.45) is 4.14. The minimum atomic E-state index is -0.350. The zero-order chi connectivity index (χ0) is 8.69. The van der Waals surface area contributed by atoms with Crippen LogP contribution in [0.2, 0.25) is 0 Å². The smallest absolute Gasteiger partial charge is 0.0941 e. The van der Waals surface area contributed by atoms with Gasteiger partial charge in [-0.05, 0) is 18.9 Å². The molecule has 0 bridgehead atoms. The predicted octanol–water partition coefficient (Wildman–Crippen LogP) is 2.09. The summed E-state index contributed by atoms with van der Waals surface area (Å²) in [6.45, 7) is 4.03. The molecule has 2 heteroatoms. The third kappa shape index (κ3) is 4.85. The molecule has 0 aromatic carbocycles. The number of aliphatic hydroxyl groups excluding tert-OH is 1. The van der Waals surface area contributed by atoms with Crippen LogP contribution in [0, 0.1) is 0 Å². The Morgan fingerprint density at radius 3 is 2.55 bits per heavy atom. The van der Waals surface area contributed by atoms with Crippen LogP contribution < -0.4 is 0 Å². The van der Waals surface area contributed by atoms with Gasteiger partial charge < -0.3 is 9.84 Å². The lowest BCUT2D eigenvalue weighted by Crippen LogP contribution is -2.01. The molecule has 0 aliphatic rings. The zero-order valence-corrected chi connectivity index (χ0v) is 7.63. The minimum Gasteiger partial charge on any atom is -0.501 e. The second kappa shape index (κ2) is 6.23. The quantitative estimate of drug-likeness (QED) is 0.621. The van der Waals surface area contributed by atoms with E-state index in [1.807, 2.05) is 6.92 Å². The Labute approximate surface area is 68.9 Å². The number of aliphatic hydroxyl groups is 1. The van der Waals surface area contributed by atoms with Gasteiger partial charge in [-0.15, -0.1) is 0 Å². The highest BCUT2D eigenvalue weighted by Crippen LogP contribution is 2.07. The average molecular weight is 158 g/mol. The molecular weight excluding hydrogens is 140 g/mol. The standard InChI is InChI=1S/C9H18O2/c1-4-6-9(11-3)7-8(10)5-2/h7-8,10H,4-6H2,1-3H3/b9-7-. The minimum absolute atomic E-state index is 0.350. The highest BCUT2D eigenvalue weighted by atomic mass is 16.5. The van der Waals surface area contributed by atoms with Gasteiger partial charge in [-0.3, -0.25) is 0 Å². The molecule has 1 N–H and O–H groups in total. The maximum Gasteiger partial charge on any atom is 0.0941 e. The summed E-state index contributed by atoms with van der Waals surface area (Å²) in [6, 6.07) is 0. The summed E-state index contributed by atoms with van der Waals surface area (Å²) in [5, 5.41) is 9.23. The molecule has 0 radical (unpaired) electrons. The molecule has 0 aliphatic heterocycles. The van der Waals surface area contributed by atoms with Crippen LogP contribution >= 0.6 is 0 Å². The van der Waals surface area contributed by atoms with Gasteiger partial charge >= 0.3 is 0 Å². The first-order valence-corrected chi connectivity index (χ1v) is 4.17. The summed E-state index contributed by atoms with van der Waals surface area (Å²) >= 11 is 0. The lowest BCUT2D eigenvalue weighted by atomic mass is 10.2. The molecule has 0 aromatic heterocycles. The topological polar surface area (TPSA) is 29.5 Å². The molecule has 0 aliphatic carbocycles. The Balaban J connectivity index is 3.88. The first kappa shape index (κ1) is 10.5. The van der Waals surface area contributed by atoms with Gasteiger partial charge in [0.15, 0.2) is 0 Å². The average Bonchev–Trinajstić information content (AvgIpc) is 2.03. The number of allylic oxidation sites excluding steroid dienone is 1. The van der Waals surface area contributed by atoms with Crippen molar-refractivity contribution in [3.05, 3.63) is 11.8 Å². The Morgan fingerprint density at radius 1 is 1.55 bits per heavy atom. The van der Waals surface area contributed by atoms with Crippen molar-refractivity contribution in [1.82, 2.24) is 0 Å². The molecule has 11 heavy (non-hydrogen) atoms. The van der Waals surface area contributed by atoms with Gasteiger partial charge in [0.1, 0.15) is 0 Å². The van der Waals surface area contributed by atoms with Crippen molar-refractivity contribution in [3.63, 3.8) is 0 Å². The van der Waals surface area contributed by atoms with Crippen molar-refractivity contribution in [2.45, 2.75) is 39.2 Å². The Kier molecular flexibility index (Phi) is 5.94. The maximum atomic E-state index is 9.23. The van der Waals surface area contributed by atoms with Crippen molar-refractivity contribution in [2.75, 3.05) is 7.11 Å². The molecule has 0 aromatic rings. The van der Waals surface area contributed by atoms with E-state index in [-0.39, 0.29) is 6.10 Å². The van der Waals surface area contributed by atoms with Crippen LogP contribution in [0.25, 0.3) is 0 Å². The fourth-order valence-corrected chi connectivity index (χ4v) is 0.832. The lowest BCUT2D eigenvalue weighted by molar-refractivity contribution is 0.203. The third-order valence-corrected chi connectivity index (χ3v) is 1.56. The molecule has 0 fully saturated rings. The molecule has 0 spiro atoms. The summed E-state index contributed by atoms with van der Waals surface area (Å²) < 4.78 is 5.06. The molecule has 0 heterocycles. The van der Waals surface area contributed by atoms with Crippen LogP contribution in [0.3, 0.4) is 0 Å². The third-order valence-electron chi connectivity index (χ3n) is 1.56. The van der Waals surface area contributed by atoms with Gasteiger partial charge in [0.25, 0.3) is 0 Å². The van der Waals surface area contributed by atoms with Crippen LogP contribution in [0.4, 0.5) is 0 Å². The molecule has 0 rings (SSSR count). The fourth-order valence-electron chi connectivity index (χ4n) is 0.832. The van der Waals surface area contributed by atoms with E-state index in [4.69, 9.17) is 4.74 Å². The van der Waals surface area contributed by atoms with E-state index >= 15 is 0 Å². The fraction of sp³-hybridized carbons (Fsp3) is 0.778. The monoisotopic (exact) mass is 158 g/mol. The second-order valence-electron chi connectivity index (χ2n) is 2.56. The first-order chi connectivity index (χ1) is 5.24. The van der Waals surface area contributed by atoms with E-state index in [0.29, 0.717) is 0 Å². The van der Waals surface area contributed by atoms with Crippen molar-refractivity contribution in [3.8, 4) is 0 Å². The molecule has 1 atom stereocenters. The lowest BCUT2D eigenvalue weighted by Gasteiger charge is -2.06. The number of hydrogen-bond donors (Lipinski definition) is 1. The Morgan fingerprint density at radius 2 is 2.18 bits per heavy atom. The molecule has 66 valence electrons. The first-order valence-electron chi connectivity index (χ1n) is 4.17. The van der Waals surface area contributed by atoms with Crippen LogP contribution in [0.5, 0.6) is 0 Å². The molecule has 0 amide bonds. The van der Waals surface area contributed by atoms with Gasteiger partial charge in [-0.1, -0.05) is 13.8 Å². The molecule has 2 nitrogen and oxygen atoms in total. The normalized spacial score (nSPS) is 14.7. The largest absolute Gasteiger partial charge is 0.501 e. The molecule has 1 unspecified atom stereocenters. The number of methoxy groups -OCH3 is 1. The van der Waals surface area contributed by atoms with Crippen molar-refractivity contribution in [2.24, 2.45) is 0 Å². The second-order valence-corrected chi connectivity index (χ2v) is 2.56. The highest BCUT2D eigenvalue weighted by molar-refractivity contribution is 4.96. The van der Waals surface area contributed by atoms with Gasteiger partial charge in [-0.25, -0.2) is 0 Å². The number of ether oxygens (including phenoxy) is 1. The zero-order valence-electron chi connectivity index (χ0n) is 7.63. The van der Waals surface area contributed by atoms with Crippen molar-refractivity contribution in [1.29, 1.82) is 0 Å². The Bertz CT molecular complexity index is 119. The van der Waals surface area contributed by atoms with E-state index in [9.17, 15) is 5.11 Å². The molecular formula is C9H18O2. The summed E-state index contributed by atoms with van der Waals surface area (Å²) in [7, 11) is 1.64. The van der Waals surface area contributed by atoms with Gasteiger partial charge in [0.2, 0.25) is 0 Å². The van der Waals surface area contributed by atoms with E-state index in [0.717, 1.165) is 25.0 Å². The van der Waals surface area contributed by atoms with Crippen LogP contribution in [0.15, 0.2) is 11.8 Å². The predicted molar refractivity (Wildman–Crippen MR) is 46.3 cm³/mol. The molecule has 0 saturated heterocycles. The van der Waals surface area contributed by atoms with E-state index in [1.165, 1.54) is 0 Å². The summed E-state index contributed by atoms with van der Waals surface area (Å²) in [5.41, 5.74) is 0. The van der Waals surface area contributed by atoms with Gasteiger partial charge in [0.05, 0.1) is 19.0 Å². The molecule has 0 saturated carbocycles. The SMILES string of the molecule is CCC/C(=C/C(O)CC)OC. The summed E-state index contributed by atoms with van der Waals surface area (Å²) in [5.74, 6) is 0.891. The van der Waals surface area contributed by atoms with E-state index < -0.39 is 0 Å². The van der Waals surface area contributed by atoms with Gasteiger partial charge in [0, 0.05) is 6.42 Å². The highest BCUT2D eigenvalue weighted by Gasteiger charge is 1.99. The van der Waals surface area contributed by atoms with Crippen molar-refractivity contribution < 1.29 is 9.84 Å². The summed E-state index contributed by atoms with van der Waals surface area (Å²) in [4.78, 5) is 0.